The van der Waals surface area contributed by atoms with Gasteiger partial charge in [0.2, 0.25) is 0 Å². The van der Waals surface area contributed by atoms with Crippen LogP contribution in [0.25, 0.3) is 0 Å². The minimum absolute atomic E-state index is 0.159. The molecule has 1 unspecified atom stereocenters. The van der Waals surface area contributed by atoms with E-state index in [4.69, 9.17) is 5.73 Å². The molecule has 0 radical (unpaired) electrons. The lowest BCUT2D eigenvalue weighted by Crippen LogP contribution is -2.20. The van der Waals surface area contributed by atoms with Crippen LogP contribution in [0.3, 0.4) is 0 Å². The number of carbonyl (C=O) groups excluding carboxylic acids is 1. The second kappa shape index (κ2) is 6.50. The molecule has 0 saturated heterocycles. The Balaban J connectivity index is 2.68. The van der Waals surface area contributed by atoms with E-state index in [0.29, 0.717) is 18.9 Å². The molecule has 1 atom stereocenters. The van der Waals surface area contributed by atoms with Crippen molar-refractivity contribution in [3.8, 4) is 0 Å². The topological polar surface area (TPSA) is 56.0 Å². The number of pyridine rings is 1. The minimum atomic E-state index is 0.159. The fraction of sp³-hybridized carbons (Fsp3) is 0.571. The molecule has 1 aromatic heterocycles. The monoisotopic (exact) mass is 234 g/mol. The van der Waals surface area contributed by atoms with E-state index in [2.05, 4.69) is 18.8 Å². The standard InChI is InChI=1S/C14H22N2O/c1-10(2)6-12(8-15)7-14(17)13-9-16-5-4-11(13)3/h4-5,9-10,12H,6-8,15H2,1-3H3. The zero-order valence-corrected chi connectivity index (χ0v) is 10.9. The van der Waals surface area contributed by atoms with Crippen LogP contribution < -0.4 is 5.73 Å². The molecule has 3 heteroatoms. The van der Waals surface area contributed by atoms with Crippen LogP contribution >= 0.6 is 0 Å². The number of aryl methyl sites for hydroxylation is 1. The first kappa shape index (κ1) is 13.8. The Morgan fingerprint density at radius 1 is 1.47 bits per heavy atom. The Morgan fingerprint density at radius 3 is 2.71 bits per heavy atom. The number of hydrogen-bond donors (Lipinski definition) is 1. The lowest BCUT2D eigenvalue weighted by Gasteiger charge is -2.16. The van der Waals surface area contributed by atoms with Gasteiger partial charge in [0.25, 0.3) is 0 Å². The molecule has 0 bridgehead atoms. The van der Waals surface area contributed by atoms with Crippen molar-refractivity contribution in [3.05, 3.63) is 29.6 Å². The van der Waals surface area contributed by atoms with Crippen LogP contribution in [-0.4, -0.2) is 17.3 Å². The Labute approximate surface area is 103 Å². The Bertz CT molecular complexity index is 374. The largest absolute Gasteiger partial charge is 0.330 e. The van der Waals surface area contributed by atoms with Crippen LogP contribution in [0, 0.1) is 18.8 Å². The van der Waals surface area contributed by atoms with Crippen molar-refractivity contribution in [2.45, 2.75) is 33.6 Å². The summed E-state index contributed by atoms with van der Waals surface area (Å²) in [6, 6.07) is 1.87. The average molecular weight is 234 g/mol. The van der Waals surface area contributed by atoms with E-state index in [-0.39, 0.29) is 11.7 Å². The first-order valence-corrected chi connectivity index (χ1v) is 6.18. The van der Waals surface area contributed by atoms with E-state index in [0.717, 1.165) is 17.5 Å². The quantitative estimate of drug-likeness (QED) is 0.770. The predicted octanol–water partition coefficient (Wildman–Crippen LogP) is 2.58. The van der Waals surface area contributed by atoms with Gasteiger partial charge in [-0.25, -0.2) is 0 Å². The van der Waals surface area contributed by atoms with Gasteiger partial charge in [0, 0.05) is 24.4 Å². The Kier molecular flexibility index (Phi) is 5.29. The molecule has 0 aliphatic heterocycles. The maximum Gasteiger partial charge on any atom is 0.165 e. The molecule has 17 heavy (non-hydrogen) atoms. The zero-order valence-electron chi connectivity index (χ0n) is 10.9. The normalized spacial score (nSPS) is 12.8. The van der Waals surface area contributed by atoms with E-state index in [1.165, 1.54) is 0 Å². The van der Waals surface area contributed by atoms with Crippen molar-refractivity contribution in [3.63, 3.8) is 0 Å². The highest BCUT2D eigenvalue weighted by atomic mass is 16.1. The number of hydrogen-bond acceptors (Lipinski definition) is 3. The number of nitrogens with zero attached hydrogens (tertiary/aromatic N) is 1. The molecule has 3 nitrogen and oxygen atoms in total. The van der Waals surface area contributed by atoms with E-state index in [1.807, 2.05) is 13.0 Å². The second-order valence-corrected chi connectivity index (χ2v) is 5.05. The molecule has 94 valence electrons. The van der Waals surface area contributed by atoms with Gasteiger partial charge < -0.3 is 5.73 Å². The van der Waals surface area contributed by atoms with E-state index in [1.54, 1.807) is 12.4 Å². The molecular weight excluding hydrogens is 212 g/mol. The van der Waals surface area contributed by atoms with Crippen LogP contribution in [0.5, 0.6) is 0 Å². The highest BCUT2D eigenvalue weighted by Crippen LogP contribution is 2.18. The van der Waals surface area contributed by atoms with Gasteiger partial charge in [0.05, 0.1) is 0 Å². The van der Waals surface area contributed by atoms with Crippen LogP contribution in [0.2, 0.25) is 0 Å². The van der Waals surface area contributed by atoms with Gasteiger partial charge in [0.1, 0.15) is 0 Å². The summed E-state index contributed by atoms with van der Waals surface area (Å²) >= 11 is 0. The first-order chi connectivity index (χ1) is 8.04. The molecule has 0 spiro atoms. The molecule has 2 N–H and O–H groups in total. The SMILES string of the molecule is Cc1ccncc1C(=O)CC(CN)CC(C)C. The maximum atomic E-state index is 12.1. The van der Waals surface area contributed by atoms with Gasteiger partial charge >= 0.3 is 0 Å². The summed E-state index contributed by atoms with van der Waals surface area (Å²) in [6.07, 6.45) is 4.89. The molecule has 1 heterocycles. The van der Waals surface area contributed by atoms with E-state index in [9.17, 15) is 4.79 Å². The molecular formula is C14H22N2O. The predicted molar refractivity (Wildman–Crippen MR) is 69.9 cm³/mol. The zero-order chi connectivity index (χ0) is 12.8. The van der Waals surface area contributed by atoms with Gasteiger partial charge in [-0.3, -0.25) is 9.78 Å². The van der Waals surface area contributed by atoms with Crippen molar-refractivity contribution >= 4 is 5.78 Å². The Hall–Kier alpha value is -1.22. The van der Waals surface area contributed by atoms with Crippen molar-refractivity contribution in [2.24, 2.45) is 17.6 Å². The van der Waals surface area contributed by atoms with Crippen LogP contribution in [-0.2, 0) is 0 Å². The van der Waals surface area contributed by atoms with Gasteiger partial charge in [-0.2, -0.15) is 0 Å². The van der Waals surface area contributed by atoms with Crippen molar-refractivity contribution in [2.75, 3.05) is 6.54 Å². The summed E-state index contributed by atoms with van der Waals surface area (Å²) in [6.45, 7) is 6.82. The number of rotatable bonds is 6. The molecule has 0 fully saturated rings. The number of carbonyl (C=O) groups is 1. The first-order valence-electron chi connectivity index (χ1n) is 6.18. The van der Waals surface area contributed by atoms with Crippen molar-refractivity contribution in [1.29, 1.82) is 0 Å². The molecule has 0 amide bonds. The van der Waals surface area contributed by atoms with Crippen LogP contribution in [0.15, 0.2) is 18.5 Å². The number of ketones is 1. The molecule has 0 aliphatic carbocycles. The minimum Gasteiger partial charge on any atom is -0.330 e. The highest BCUT2D eigenvalue weighted by Gasteiger charge is 2.16. The van der Waals surface area contributed by atoms with Gasteiger partial charge in [0.15, 0.2) is 5.78 Å². The number of aromatic nitrogens is 1. The summed E-state index contributed by atoms with van der Waals surface area (Å²) in [4.78, 5) is 16.1. The summed E-state index contributed by atoms with van der Waals surface area (Å²) in [5.74, 6) is 1.01. The summed E-state index contributed by atoms with van der Waals surface area (Å²) in [5.41, 5.74) is 7.44. The summed E-state index contributed by atoms with van der Waals surface area (Å²) in [5, 5.41) is 0. The van der Waals surface area contributed by atoms with E-state index < -0.39 is 0 Å². The van der Waals surface area contributed by atoms with Crippen LogP contribution in [0.1, 0.15) is 42.6 Å². The molecule has 0 aromatic carbocycles. The smallest absolute Gasteiger partial charge is 0.165 e. The van der Waals surface area contributed by atoms with Crippen molar-refractivity contribution in [1.82, 2.24) is 4.98 Å². The van der Waals surface area contributed by atoms with Gasteiger partial charge in [-0.05, 0) is 43.4 Å². The molecule has 0 aliphatic rings. The third-order valence-corrected chi connectivity index (χ3v) is 2.95. The highest BCUT2D eigenvalue weighted by molar-refractivity contribution is 5.97. The number of nitrogens with two attached hydrogens (primary N) is 1. The summed E-state index contributed by atoms with van der Waals surface area (Å²) in [7, 11) is 0. The fourth-order valence-electron chi connectivity index (χ4n) is 2.06. The lowest BCUT2D eigenvalue weighted by molar-refractivity contribution is 0.0956. The van der Waals surface area contributed by atoms with Crippen molar-refractivity contribution < 1.29 is 4.79 Å². The lowest BCUT2D eigenvalue weighted by atomic mass is 9.90. The molecule has 0 saturated carbocycles. The summed E-state index contributed by atoms with van der Waals surface area (Å²) < 4.78 is 0. The fourth-order valence-corrected chi connectivity index (χ4v) is 2.06. The van der Waals surface area contributed by atoms with Crippen LogP contribution in [0.4, 0.5) is 0 Å². The second-order valence-electron chi connectivity index (χ2n) is 5.05. The maximum absolute atomic E-state index is 12.1. The molecule has 1 aromatic rings. The van der Waals surface area contributed by atoms with E-state index >= 15 is 0 Å². The Morgan fingerprint density at radius 2 is 2.18 bits per heavy atom. The van der Waals surface area contributed by atoms with Gasteiger partial charge in [-0.1, -0.05) is 13.8 Å². The average Bonchev–Trinajstić information content (AvgIpc) is 2.27. The number of Topliss-reactive ketones (excluding diaryl/α,β-unsaturated/α-hetero) is 1. The molecule has 1 rings (SSSR count). The third kappa shape index (κ3) is 4.27. The van der Waals surface area contributed by atoms with Gasteiger partial charge in [-0.15, -0.1) is 0 Å². The third-order valence-electron chi connectivity index (χ3n) is 2.95.